The van der Waals surface area contributed by atoms with Crippen molar-refractivity contribution >= 4 is 28.8 Å². The van der Waals surface area contributed by atoms with Gasteiger partial charge >= 0.3 is 6.18 Å². The number of nitrogens with zero attached hydrogens (tertiary/aromatic N) is 1. The summed E-state index contributed by atoms with van der Waals surface area (Å²) in [7, 11) is 0. The van der Waals surface area contributed by atoms with Crippen molar-refractivity contribution in [3.05, 3.63) is 80.8 Å². The van der Waals surface area contributed by atoms with E-state index >= 15 is 0 Å². The molecule has 3 rings (SSSR count). The minimum absolute atomic E-state index is 0.0571. The molecule has 3 aromatic rings. The summed E-state index contributed by atoms with van der Waals surface area (Å²) in [5.41, 5.74) is -0.392. The van der Waals surface area contributed by atoms with Crippen LogP contribution in [0.5, 0.6) is 5.75 Å². The lowest BCUT2D eigenvalue weighted by Gasteiger charge is -2.27. The number of ether oxygens (including phenoxy) is 1. The van der Waals surface area contributed by atoms with Gasteiger partial charge in [-0.25, -0.2) is 4.98 Å². The summed E-state index contributed by atoms with van der Waals surface area (Å²) in [5.74, 6) is 0.387. The first-order chi connectivity index (χ1) is 14.5. The lowest BCUT2D eigenvalue weighted by molar-refractivity contribution is -0.137. The van der Waals surface area contributed by atoms with Crippen LogP contribution in [0.4, 0.5) is 13.2 Å². The van der Waals surface area contributed by atoms with Crippen LogP contribution in [-0.4, -0.2) is 10.9 Å². The van der Waals surface area contributed by atoms with Gasteiger partial charge in [-0.05, 0) is 55.8 Å². The molecule has 4 nitrogen and oxygen atoms in total. The van der Waals surface area contributed by atoms with E-state index in [-0.39, 0.29) is 18.9 Å². The third kappa shape index (κ3) is 6.45. The van der Waals surface area contributed by atoms with Gasteiger partial charge in [0.2, 0.25) is 5.91 Å². The maximum absolute atomic E-state index is 12.7. The van der Waals surface area contributed by atoms with E-state index < -0.39 is 17.3 Å². The van der Waals surface area contributed by atoms with Crippen molar-refractivity contribution in [2.45, 2.75) is 38.6 Å². The number of carbonyl (C=O) groups excluding carboxylic acids is 1. The summed E-state index contributed by atoms with van der Waals surface area (Å²) < 4.78 is 43.9. The molecule has 0 fully saturated rings. The van der Waals surface area contributed by atoms with Crippen molar-refractivity contribution in [1.29, 1.82) is 0 Å². The van der Waals surface area contributed by atoms with E-state index in [0.717, 1.165) is 17.1 Å². The number of rotatable bonds is 7. The molecule has 1 aromatic heterocycles. The van der Waals surface area contributed by atoms with Crippen LogP contribution in [0.2, 0.25) is 5.02 Å². The highest BCUT2D eigenvalue weighted by Crippen LogP contribution is 2.31. The number of benzene rings is 2. The molecule has 31 heavy (non-hydrogen) atoms. The van der Waals surface area contributed by atoms with E-state index in [4.69, 9.17) is 16.3 Å². The molecule has 1 amide bonds. The van der Waals surface area contributed by atoms with Crippen molar-refractivity contribution in [2.75, 3.05) is 0 Å². The van der Waals surface area contributed by atoms with Crippen molar-refractivity contribution in [1.82, 2.24) is 10.3 Å². The van der Waals surface area contributed by atoms with E-state index in [0.29, 0.717) is 22.0 Å². The lowest BCUT2D eigenvalue weighted by atomic mass is 9.93. The number of alkyl halides is 3. The number of aromatic nitrogens is 1. The van der Waals surface area contributed by atoms with E-state index in [1.54, 1.807) is 43.5 Å². The number of hydrogen-bond acceptors (Lipinski definition) is 4. The van der Waals surface area contributed by atoms with Gasteiger partial charge in [-0.3, -0.25) is 4.79 Å². The number of nitrogens with one attached hydrogen (secondary N) is 1. The topological polar surface area (TPSA) is 51.2 Å². The van der Waals surface area contributed by atoms with Gasteiger partial charge in [0, 0.05) is 10.4 Å². The predicted molar refractivity (Wildman–Crippen MR) is 114 cm³/mol. The fraction of sp³-hybridized carbons (Fsp3) is 0.273. The van der Waals surface area contributed by atoms with Crippen molar-refractivity contribution in [3.63, 3.8) is 0 Å². The molecule has 164 valence electrons. The minimum atomic E-state index is -4.40. The zero-order valence-corrected chi connectivity index (χ0v) is 18.4. The SMILES string of the molecule is CC(C)(NC(=O)Cc1csc(COc2ccc(Cl)cc2)n1)c1ccc(C(F)(F)F)cc1. The standard InChI is InChI=1S/C22H20ClF3N2O2S/c1-21(2,14-3-5-15(6-4-14)22(24,25)26)28-19(29)11-17-13-31-20(27-17)12-30-18-9-7-16(23)8-10-18/h3-10,13H,11-12H2,1-2H3,(H,28,29). The number of amides is 1. The fourth-order valence-corrected chi connectivity index (χ4v) is 3.71. The van der Waals surface area contributed by atoms with Crippen molar-refractivity contribution in [3.8, 4) is 5.75 Å². The van der Waals surface area contributed by atoms with E-state index in [1.165, 1.54) is 23.5 Å². The molecule has 0 aliphatic rings. The average molecular weight is 469 g/mol. The number of carbonyl (C=O) groups is 1. The Hall–Kier alpha value is -2.58. The van der Waals surface area contributed by atoms with Crippen molar-refractivity contribution in [2.24, 2.45) is 0 Å². The summed E-state index contributed by atoms with van der Waals surface area (Å²) in [4.78, 5) is 16.9. The average Bonchev–Trinajstić information content (AvgIpc) is 3.13. The van der Waals surface area contributed by atoms with Gasteiger partial charge in [-0.2, -0.15) is 13.2 Å². The molecule has 0 saturated heterocycles. The Bertz CT molecular complexity index is 1030. The largest absolute Gasteiger partial charge is 0.486 e. The third-order valence-electron chi connectivity index (χ3n) is 4.50. The smallest absolute Gasteiger partial charge is 0.416 e. The highest BCUT2D eigenvalue weighted by atomic mass is 35.5. The first-order valence-corrected chi connectivity index (χ1v) is 10.6. The van der Waals surface area contributed by atoms with E-state index in [2.05, 4.69) is 10.3 Å². The number of thiazole rings is 1. The fourth-order valence-electron chi connectivity index (χ4n) is 2.88. The zero-order chi connectivity index (χ0) is 22.6. The second-order valence-electron chi connectivity index (χ2n) is 7.40. The Labute approximate surface area is 187 Å². The van der Waals surface area contributed by atoms with Crippen LogP contribution >= 0.6 is 22.9 Å². The molecule has 0 aliphatic carbocycles. The van der Waals surface area contributed by atoms with Crippen LogP contribution in [-0.2, 0) is 29.5 Å². The normalized spacial score (nSPS) is 11.9. The van der Waals surface area contributed by atoms with Crippen LogP contribution < -0.4 is 10.1 Å². The quantitative estimate of drug-likeness (QED) is 0.463. The number of halogens is 4. The molecule has 0 atom stereocenters. The van der Waals surface area contributed by atoms with Gasteiger partial charge in [0.25, 0.3) is 0 Å². The van der Waals surface area contributed by atoms with Gasteiger partial charge in [-0.15, -0.1) is 11.3 Å². The highest BCUT2D eigenvalue weighted by Gasteiger charge is 2.31. The van der Waals surface area contributed by atoms with Gasteiger partial charge in [-0.1, -0.05) is 23.7 Å². The third-order valence-corrected chi connectivity index (χ3v) is 5.63. The Morgan fingerprint density at radius 2 is 1.68 bits per heavy atom. The van der Waals surface area contributed by atoms with Gasteiger partial charge in [0.1, 0.15) is 17.4 Å². The van der Waals surface area contributed by atoms with Gasteiger partial charge < -0.3 is 10.1 Å². The number of hydrogen-bond donors (Lipinski definition) is 1. The van der Waals surface area contributed by atoms with Crippen molar-refractivity contribution < 1.29 is 22.7 Å². The molecule has 0 aliphatic heterocycles. The molecule has 0 bridgehead atoms. The molecular weight excluding hydrogens is 449 g/mol. The Kier molecular flexibility index (Phi) is 6.91. The lowest BCUT2D eigenvalue weighted by Crippen LogP contribution is -2.41. The minimum Gasteiger partial charge on any atom is -0.486 e. The molecule has 0 spiro atoms. The molecule has 1 N–H and O–H groups in total. The second kappa shape index (κ2) is 9.28. The highest BCUT2D eigenvalue weighted by molar-refractivity contribution is 7.09. The van der Waals surface area contributed by atoms with E-state index in [1.807, 2.05) is 0 Å². The van der Waals surface area contributed by atoms with Gasteiger partial charge in [0.15, 0.2) is 0 Å². The Morgan fingerprint density at radius 1 is 1.06 bits per heavy atom. The molecule has 0 radical (unpaired) electrons. The first-order valence-electron chi connectivity index (χ1n) is 9.33. The molecular formula is C22H20ClF3N2O2S. The molecule has 2 aromatic carbocycles. The summed E-state index contributed by atoms with van der Waals surface area (Å²) in [6, 6.07) is 11.7. The van der Waals surface area contributed by atoms with Crippen LogP contribution in [0.3, 0.4) is 0 Å². The maximum atomic E-state index is 12.7. The monoisotopic (exact) mass is 468 g/mol. The van der Waals surface area contributed by atoms with Gasteiger partial charge in [0.05, 0.1) is 23.2 Å². The summed E-state index contributed by atoms with van der Waals surface area (Å²) in [5, 5.41) is 5.98. The summed E-state index contributed by atoms with van der Waals surface area (Å²) in [6.07, 6.45) is -4.34. The molecule has 9 heteroatoms. The Morgan fingerprint density at radius 3 is 2.29 bits per heavy atom. The molecule has 0 saturated carbocycles. The predicted octanol–water partition coefficient (Wildman–Crippen LogP) is 5.99. The molecule has 0 unspecified atom stereocenters. The van der Waals surface area contributed by atoms with Crippen LogP contribution in [0, 0.1) is 0 Å². The summed E-state index contributed by atoms with van der Waals surface area (Å²) >= 11 is 7.22. The van der Waals surface area contributed by atoms with Crippen LogP contribution in [0.1, 0.15) is 35.7 Å². The van der Waals surface area contributed by atoms with E-state index in [9.17, 15) is 18.0 Å². The maximum Gasteiger partial charge on any atom is 0.416 e. The summed E-state index contributed by atoms with van der Waals surface area (Å²) in [6.45, 7) is 3.74. The molecule has 1 heterocycles. The zero-order valence-electron chi connectivity index (χ0n) is 16.8. The Balaban J connectivity index is 1.55. The second-order valence-corrected chi connectivity index (χ2v) is 8.78. The first kappa shape index (κ1) is 23.1. The van der Waals surface area contributed by atoms with Crippen LogP contribution in [0.15, 0.2) is 53.9 Å². The van der Waals surface area contributed by atoms with Crippen LogP contribution in [0.25, 0.3) is 0 Å².